The predicted octanol–water partition coefficient (Wildman–Crippen LogP) is 4.17. The highest BCUT2D eigenvalue weighted by Crippen LogP contribution is 2.36. The van der Waals surface area contributed by atoms with E-state index in [1.54, 1.807) is 19.1 Å². The Kier molecular flexibility index (Phi) is 4.76. The molecule has 7 heteroatoms. The van der Waals surface area contributed by atoms with Gasteiger partial charge in [-0.3, -0.25) is 9.59 Å². The Morgan fingerprint density at radius 2 is 1.92 bits per heavy atom. The maximum absolute atomic E-state index is 13.0. The van der Waals surface area contributed by atoms with Crippen molar-refractivity contribution in [3.05, 3.63) is 58.8 Å². The van der Waals surface area contributed by atoms with Crippen molar-refractivity contribution in [3.8, 4) is 11.5 Å². The van der Waals surface area contributed by atoms with Crippen LogP contribution in [0, 0.1) is 5.82 Å². The number of ether oxygens (including phenoxy) is 1. The molecule has 0 atom stereocenters. The van der Waals surface area contributed by atoms with E-state index in [4.69, 9.17) is 4.74 Å². The highest BCUT2D eigenvalue weighted by Gasteiger charge is 2.36. The number of halogens is 1. The second kappa shape index (κ2) is 6.98. The van der Waals surface area contributed by atoms with E-state index in [2.05, 4.69) is 0 Å². The molecule has 128 valence electrons. The number of rotatable bonds is 4. The quantitative estimate of drug-likeness (QED) is 0.830. The molecular weight excluding hydrogens is 345 g/mol. The van der Waals surface area contributed by atoms with Crippen molar-refractivity contribution in [2.75, 3.05) is 11.5 Å². The molecule has 2 aromatic carbocycles. The third-order valence-corrected chi connectivity index (χ3v) is 4.33. The van der Waals surface area contributed by atoms with Crippen molar-refractivity contribution >= 4 is 34.7 Å². The molecule has 1 N–H and O–H groups in total. The number of phenolic OH excluding ortho intramolecular Hbond substituents is 1. The van der Waals surface area contributed by atoms with Gasteiger partial charge < -0.3 is 9.84 Å². The smallest absolute Gasteiger partial charge is 0.298 e. The van der Waals surface area contributed by atoms with Gasteiger partial charge >= 0.3 is 0 Å². The van der Waals surface area contributed by atoms with E-state index in [9.17, 15) is 19.1 Å². The fraction of sp³-hybridized carbons (Fsp3) is 0.111. The SMILES string of the molecule is CCOc1ccc(/C=C2/SC(=O)N(c3ccc(F)cc3)C2=O)cc1O. The molecule has 5 nitrogen and oxygen atoms in total. The molecule has 0 bridgehead atoms. The molecule has 0 radical (unpaired) electrons. The number of aromatic hydroxyl groups is 1. The number of carbonyl (C=O) groups is 2. The third kappa shape index (κ3) is 3.51. The zero-order chi connectivity index (χ0) is 18.0. The molecule has 2 aromatic rings. The fourth-order valence-electron chi connectivity index (χ4n) is 2.33. The molecule has 0 saturated carbocycles. The van der Waals surface area contributed by atoms with E-state index < -0.39 is 17.0 Å². The van der Waals surface area contributed by atoms with Gasteiger partial charge in [0.05, 0.1) is 17.2 Å². The maximum atomic E-state index is 13.0. The van der Waals surface area contributed by atoms with Gasteiger partial charge in [-0.25, -0.2) is 9.29 Å². The summed E-state index contributed by atoms with van der Waals surface area (Å²) >= 11 is 0.788. The minimum absolute atomic E-state index is 0.0478. The molecular formula is C18H14FNO4S. The Bertz CT molecular complexity index is 864. The second-order valence-corrected chi connectivity index (χ2v) is 6.15. The number of imide groups is 1. The fourth-order valence-corrected chi connectivity index (χ4v) is 3.17. The highest BCUT2D eigenvalue weighted by atomic mass is 32.2. The molecule has 1 fully saturated rings. The number of nitrogens with zero attached hydrogens (tertiary/aromatic N) is 1. The first-order chi connectivity index (χ1) is 12.0. The molecule has 1 aliphatic rings. The lowest BCUT2D eigenvalue weighted by Crippen LogP contribution is -2.27. The van der Waals surface area contributed by atoms with Crippen LogP contribution < -0.4 is 9.64 Å². The number of amides is 2. The summed E-state index contributed by atoms with van der Waals surface area (Å²) in [6, 6.07) is 9.84. The lowest BCUT2D eigenvalue weighted by atomic mass is 10.2. The topological polar surface area (TPSA) is 66.8 Å². The van der Waals surface area contributed by atoms with E-state index in [1.165, 1.54) is 36.4 Å². The van der Waals surface area contributed by atoms with Crippen LogP contribution in [0.2, 0.25) is 0 Å². The Hall–Kier alpha value is -2.80. The summed E-state index contributed by atoms with van der Waals surface area (Å²) in [4.78, 5) is 25.8. The number of hydrogen-bond acceptors (Lipinski definition) is 5. The average molecular weight is 359 g/mol. The van der Waals surface area contributed by atoms with Crippen LogP contribution in [0.1, 0.15) is 12.5 Å². The molecule has 3 rings (SSSR count). The van der Waals surface area contributed by atoms with Gasteiger partial charge in [0.1, 0.15) is 5.82 Å². The Morgan fingerprint density at radius 1 is 1.20 bits per heavy atom. The molecule has 0 aromatic heterocycles. The predicted molar refractivity (Wildman–Crippen MR) is 94.1 cm³/mol. The average Bonchev–Trinajstić information content (AvgIpc) is 2.85. The molecule has 0 unspecified atom stereocenters. The molecule has 1 aliphatic heterocycles. The number of hydrogen-bond donors (Lipinski definition) is 1. The van der Waals surface area contributed by atoms with Gasteiger partial charge in [-0.2, -0.15) is 0 Å². The van der Waals surface area contributed by atoms with Crippen LogP contribution in [0.25, 0.3) is 6.08 Å². The summed E-state index contributed by atoms with van der Waals surface area (Å²) in [5.41, 5.74) is 0.868. The van der Waals surface area contributed by atoms with Gasteiger partial charge in [0.2, 0.25) is 0 Å². The lowest BCUT2D eigenvalue weighted by Gasteiger charge is -2.11. The number of thioether (sulfide) groups is 1. The monoisotopic (exact) mass is 359 g/mol. The summed E-state index contributed by atoms with van der Waals surface area (Å²) in [5.74, 6) is -0.640. The van der Waals surface area contributed by atoms with Gasteiger partial charge in [-0.1, -0.05) is 6.07 Å². The van der Waals surface area contributed by atoms with E-state index >= 15 is 0 Å². The first kappa shape index (κ1) is 17.0. The summed E-state index contributed by atoms with van der Waals surface area (Å²) < 4.78 is 18.3. The van der Waals surface area contributed by atoms with E-state index in [1.807, 2.05) is 0 Å². The summed E-state index contributed by atoms with van der Waals surface area (Å²) in [6.07, 6.45) is 1.52. The second-order valence-electron chi connectivity index (χ2n) is 5.15. The van der Waals surface area contributed by atoms with Crippen LogP contribution >= 0.6 is 11.8 Å². The first-order valence-electron chi connectivity index (χ1n) is 7.49. The van der Waals surface area contributed by atoms with Gasteiger partial charge in [0, 0.05) is 0 Å². The van der Waals surface area contributed by atoms with E-state index in [-0.39, 0.29) is 10.7 Å². The van der Waals surface area contributed by atoms with Crippen LogP contribution in [0.15, 0.2) is 47.4 Å². The van der Waals surface area contributed by atoms with Crippen molar-refractivity contribution < 1.29 is 23.8 Å². The van der Waals surface area contributed by atoms with Crippen molar-refractivity contribution in [3.63, 3.8) is 0 Å². The number of benzene rings is 2. The zero-order valence-electron chi connectivity index (χ0n) is 13.2. The summed E-state index contributed by atoms with van der Waals surface area (Å²) in [7, 11) is 0. The van der Waals surface area contributed by atoms with Gasteiger partial charge in [0.25, 0.3) is 11.1 Å². The number of carbonyl (C=O) groups excluding carboxylic acids is 2. The Labute approximate surface area is 147 Å². The van der Waals surface area contributed by atoms with Gasteiger partial charge in [0.15, 0.2) is 11.5 Å². The van der Waals surface area contributed by atoms with Crippen LogP contribution in [0.5, 0.6) is 11.5 Å². The standard InChI is InChI=1S/C18H14FNO4S/c1-2-24-15-8-3-11(9-14(15)21)10-16-17(22)20(18(23)25-16)13-6-4-12(19)5-7-13/h3-10,21H,2H2,1H3/b16-10+. The zero-order valence-corrected chi connectivity index (χ0v) is 14.0. The minimum Gasteiger partial charge on any atom is -0.504 e. The summed E-state index contributed by atoms with van der Waals surface area (Å²) in [5, 5.41) is 9.45. The minimum atomic E-state index is -0.491. The highest BCUT2D eigenvalue weighted by molar-refractivity contribution is 8.19. The van der Waals surface area contributed by atoms with Crippen LogP contribution in [0.4, 0.5) is 14.9 Å². The Balaban J connectivity index is 1.87. The van der Waals surface area contributed by atoms with Crippen LogP contribution in [-0.2, 0) is 4.79 Å². The first-order valence-corrected chi connectivity index (χ1v) is 8.30. The Morgan fingerprint density at radius 3 is 2.56 bits per heavy atom. The molecule has 1 heterocycles. The lowest BCUT2D eigenvalue weighted by molar-refractivity contribution is -0.113. The van der Waals surface area contributed by atoms with Crippen molar-refractivity contribution in [1.82, 2.24) is 0 Å². The van der Waals surface area contributed by atoms with Crippen molar-refractivity contribution in [1.29, 1.82) is 0 Å². The summed E-state index contributed by atoms with van der Waals surface area (Å²) in [6.45, 7) is 2.22. The molecule has 0 spiro atoms. The number of phenols is 1. The largest absolute Gasteiger partial charge is 0.504 e. The van der Waals surface area contributed by atoms with Gasteiger partial charge in [-0.05, 0) is 66.7 Å². The van der Waals surface area contributed by atoms with Gasteiger partial charge in [-0.15, -0.1) is 0 Å². The third-order valence-electron chi connectivity index (χ3n) is 3.46. The van der Waals surface area contributed by atoms with Crippen molar-refractivity contribution in [2.45, 2.75) is 6.92 Å². The molecule has 0 aliphatic carbocycles. The normalized spacial score (nSPS) is 15.9. The van der Waals surface area contributed by atoms with Crippen LogP contribution in [-0.4, -0.2) is 22.9 Å². The molecule has 25 heavy (non-hydrogen) atoms. The van der Waals surface area contributed by atoms with E-state index in [0.717, 1.165) is 16.7 Å². The number of anilines is 1. The molecule has 1 saturated heterocycles. The maximum Gasteiger partial charge on any atom is 0.298 e. The van der Waals surface area contributed by atoms with E-state index in [0.29, 0.717) is 23.6 Å². The molecule has 2 amide bonds. The van der Waals surface area contributed by atoms with Crippen LogP contribution in [0.3, 0.4) is 0 Å². The van der Waals surface area contributed by atoms with Crippen molar-refractivity contribution in [2.24, 2.45) is 0 Å².